The van der Waals surface area contributed by atoms with E-state index in [-0.39, 0.29) is 25.3 Å². The van der Waals surface area contributed by atoms with Crippen molar-refractivity contribution in [2.24, 2.45) is 11.3 Å². The summed E-state index contributed by atoms with van der Waals surface area (Å²) in [5.74, 6) is -0.649. The van der Waals surface area contributed by atoms with Crippen LogP contribution in [0.15, 0.2) is 0 Å². The molecule has 20 heavy (non-hydrogen) atoms. The molecule has 2 saturated heterocycles. The van der Waals surface area contributed by atoms with Crippen LogP contribution in [0.3, 0.4) is 0 Å². The van der Waals surface area contributed by atoms with Gasteiger partial charge >= 0.3 is 12.0 Å². The van der Waals surface area contributed by atoms with Crippen molar-refractivity contribution < 1.29 is 24.2 Å². The fourth-order valence-electron chi connectivity index (χ4n) is 2.56. The van der Waals surface area contributed by atoms with E-state index in [0.29, 0.717) is 12.5 Å². The Balaban J connectivity index is 1.86. The number of ether oxygens (including phenoxy) is 2. The molecule has 7 heteroatoms. The topological polar surface area (TPSA) is 96.9 Å². The summed E-state index contributed by atoms with van der Waals surface area (Å²) in [5, 5.41) is 14.8. The Morgan fingerprint density at radius 1 is 1.35 bits per heavy atom. The van der Waals surface area contributed by atoms with E-state index in [2.05, 4.69) is 10.6 Å². The minimum absolute atomic E-state index is 0.00379. The molecule has 0 aromatic rings. The lowest BCUT2D eigenvalue weighted by molar-refractivity contribution is -0.148. The Hall–Kier alpha value is -1.34. The van der Waals surface area contributed by atoms with Gasteiger partial charge in [-0.1, -0.05) is 0 Å². The maximum Gasteiger partial charge on any atom is 0.315 e. The van der Waals surface area contributed by atoms with Gasteiger partial charge < -0.3 is 25.2 Å². The third-order valence-electron chi connectivity index (χ3n) is 4.28. The zero-order valence-electron chi connectivity index (χ0n) is 11.8. The highest BCUT2D eigenvalue weighted by Gasteiger charge is 2.47. The van der Waals surface area contributed by atoms with Crippen molar-refractivity contribution in [2.75, 3.05) is 26.4 Å². The molecule has 0 saturated carbocycles. The highest BCUT2D eigenvalue weighted by Crippen LogP contribution is 2.28. The van der Waals surface area contributed by atoms with E-state index < -0.39 is 17.4 Å². The molecule has 2 aliphatic heterocycles. The number of carboxylic acid groups (broad SMARTS) is 1. The average Bonchev–Trinajstić information content (AvgIpc) is 3.00. The lowest BCUT2D eigenvalue weighted by atomic mass is 9.85. The van der Waals surface area contributed by atoms with Crippen molar-refractivity contribution in [1.82, 2.24) is 10.6 Å². The number of hydrogen-bond acceptors (Lipinski definition) is 4. The summed E-state index contributed by atoms with van der Waals surface area (Å²) in [6.45, 7) is 5.23. The molecular weight excluding hydrogens is 264 g/mol. The number of carbonyl (C=O) groups is 2. The molecule has 3 N–H and O–H groups in total. The second-order valence-electron chi connectivity index (χ2n) is 5.82. The van der Waals surface area contributed by atoms with Gasteiger partial charge in [-0.05, 0) is 20.3 Å². The van der Waals surface area contributed by atoms with Crippen LogP contribution in [0.1, 0.15) is 20.3 Å². The summed E-state index contributed by atoms with van der Waals surface area (Å²) in [5.41, 5.74) is -1.07. The van der Waals surface area contributed by atoms with Crippen LogP contribution >= 0.6 is 0 Å². The number of rotatable bonds is 4. The lowest BCUT2D eigenvalue weighted by Gasteiger charge is -2.27. The molecule has 0 aromatic carbocycles. The van der Waals surface area contributed by atoms with Crippen LogP contribution in [0.2, 0.25) is 0 Å². The van der Waals surface area contributed by atoms with Crippen LogP contribution in [0.25, 0.3) is 0 Å². The van der Waals surface area contributed by atoms with E-state index in [1.54, 1.807) is 6.92 Å². The molecule has 2 amide bonds. The minimum Gasteiger partial charge on any atom is -0.481 e. The van der Waals surface area contributed by atoms with Crippen LogP contribution in [-0.2, 0) is 14.3 Å². The van der Waals surface area contributed by atoms with Gasteiger partial charge in [-0.25, -0.2) is 4.79 Å². The monoisotopic (exact) mass is 286 g/mol. The first kappa shape index (κ1) is 15.1. The summed E-state index contributed by atoms with van der Waals surface area (Å²) >= 11 is 0. The second-order valence-corrected chi connectivity index (χ2v) is 5.82. The molecule has 114 valence electrons. The first-order chi connectivity index (χ1) is 9.43. The first-order valence-corrected chi connectivity index (χ1v) is 6.89. The molecule has 0 aromatic heterocycles. The predicted molar refractivity (Wildman–Crippen MR) is 70.4 cm³/mol. The molecule has 7 nitrogen and oxygen atoms in total. The van der Waals surface area contributed by atoms with Crippen molar-refractivity contribution in [2.45, 2.75) is 32.4 Å². The van der Waals surface area contributed by atoms with Crippen LogP contribution < -0.4 is 10.6 Å². The van der Waals surface area contributed by atoms with Gasteiger partial charge in [-0.2, -0.15) is 0 Å². The molecule has 4 atom stereocenters. The molecule has 0 aliphatic carbocycles. The minimum atomic E-state index is -1.07. The van der Waals surface area contributed by atoms with Gasteiger partial charge in [-0.3, -0.25) is 4.79 Å². The van der Waals surface area contributed by atoms with Crippen LogP contribution in [0.4, 0.5) is 4.79 Å². The molecule has 0 spiro atoms. The Bertz CT molecular complexity index is 383. The van der Waals surface area contributed by atoms with E-state index in [4.69, 9.17) is 9.47 Å². The van der Waals surface area contributed by atoms with E-state index in [1.807, 2.05) is 6.92 Å². The summed E-state index contributed by atoms with van der Waals surface area (Å²) < 4.78 is 10.5. The third kappa shape index (κ3) is 3.04. The quantitative estimate of drug-likeness (QED) is 0.686. The van der Waals surface area contributed by atoms with Gasteiger partial charge in [0.05, 0.1) is 25.9 Å². The van der Waals surface area contributed by atoms with Gasteiger partial charge in [-0.15, -0.1) is 0 Å². The Kier molecular flexibility index (Phi) is 4.49. The highest BCUT2D eigenvalue weighted by atomic mass is 16.5. The van der Waals surface area contributed by atoms with Crippen molar-refractivity contribution in [3.05, 3.63) is 0 Å². The average molecular weight is 286 g/mol. The van der Waals surface area contributed by atoms with Gasteiger partial charge in [0, 0.05) is 18.6 Å². The standard InChI is InChI=1S/C13H22N2O5/c1-8(9-3-4-19-5-9)14-12(18)15-10-6-20-7-13(10,2)11(16)17/h8-10H,3-7H2,1-2H3,(H,16,17)(H2,14,15,18). The number of aliphatic carboxylic acids is 1. The summed E-state index contributed by atoms with van der Waals surface area (Å²) in [6, 6.07) is -0.879. The number of carbonyl (C=O) groups excluding carboxylic acids is 1. The van der Waals surface area contributed by atoms with Crippen LogP contribution in [-0.4, -0.2) is 55.6 Å². The maximum absolute atomic E-state index is 12.0. The van der Waals surface area contributed by atoms with E-state index in [9.17, 15) is 14.7 Å². The zero-order chi connectivity index (χ0) is 14.8. The Morgan fingerprint density at radius 3 is 2.70 bits per heavy atom. The predicted octanol–water partition coefficient (Wildman–Crippen LogP) is 0.200. The van der Waals surface area contributed by atoms with Gasteiger partial charge in [0.15, 0.2) is 0 Å². The zero-order valence-corrected chi connectivity index (χ0v) is 11.8. The summed E-state index contributed by atoms with van der Waals surface area (Å²) in [4.78, 5) is 23.2. The highest BCUT2D eigenvalue weighted by molar-refractivity contribution is 5.79. The van der Waals surface area contributed by atoms with E-state index in [0.717, 1.165) is 13.0 Å². The number of amides is 2. The van der Waals surface area contributed by atoms with E-state index >= 15 is 0 Å². The molecule has 0 bridgehead atoms. The van der Waals surface area contributed by atoms with Gasteiger partial charge in [0.2, 0.25) is 0 Å². The molecular formula is C13H22N2O5. The van der Waals surface area contributed by atoms with Gasteiger partial charge in [0.1, 0.15) is 5.41 Å². The number of hydrogen-bond donors (Lipinski definition) is 3. The fraction of sp³-hybridized carbons (Fsp3) is 0.846. The molecule has 2 aliphatic rings. The SMILES string of the molecule is CC(NC(=O)NC1COCC1(C)C(=O)O)C1CCOC1. The van der Waals surface area contributed by atoms with E-state index in [1.165, 1.54) is 0 Å². The number of carboxylic acids is 1. The van der Waals surface area contributed by atoms with Crippen molar-refractivity contribution in [3.63, 3.8) is 0 Å². The molecule has 2 heterocycles. The normalized spacial score (nSPS) is 34.7. The van der Waals surface area contributed by atoms with Gasteiger partial charge in [0.25, 0.3) is 0 Å². The largest absolute Gasteiger partial charge is 0.481 e. The number of urea groups is 1. The fourth-order valence-corrected chi connectivity index (χ4v) is 2.56. The first-order valence-electron chi connectivity index (χ1n) is 6.89. The second kappa shape index (κ2) is 5.97. The van der Waals surface area contributed by atoms with Crippen molar-refractivity contribution in [3.8, 4) is 0 Å². The van der Waals surface area contributed by atoms with Crippen molar-refractivity contribution >= 4 is 12.0 Å². The molecule has 2 fully saturated rings. The smallest absolute Gasteiger partial charge is 0.315 e. The molecule has 2 rings (SSSR count). The molecule has 4 unspecified atom stereocenters. The molecule has 0 radical (unpaired) electrons. The van der Waals surface area contributed by atoms with Crippen molar-refractivity contribution in [1.29, 1.82) is 0 Å². The third-order valence-corrected chi connectivity index (χ3v) is 4.28. The maximum atomic E-state index is 12.0. The Labute approximate surface area is 118 Å². The summed E-state index contributed by atoms with van der Waals surface area (Å²) in [7, 11) is 0. The summed E-state index contributed by atoms with van der Waals surface area (Å²) in [6.07, 6.45) is 0.931. The lowest BCUT2D eigenvalue weighted by Crippen LogP contribution is -2.54. The van der Waals surface area contributed by atoms with Crippen LogP contribution in [0.5, 0.6) is 0 Å². The Morgan fingerprint density at radius 2 is 2.10 bits per heavy atom. The number of nitrogens with one attached hydrogen (secondary N) is 2. The van der Waals surface area contributed by atoms with Crippen LogP contribution in [0, 0.1) is 11.3 Å².